The lowest BCUT2D eigenvalue weighted by Gasteiger charge is -2.19. The quantitative estimate of drug-likeness (QED) is 0.488. The minimum Gasteiger partial charge on any atom is -0.462 e. The number of rotatable bonds is 10. The van der Waals surface area contributed by atoms with Gasteiger partial charge in [0, 0.05) is 23.7 Å². The lowest BCUT2D eigenvalue weighted by Crippen LogP contribution is -2.30. The minimum absolute atomic E-state index is 0.0690. The molecule has 2 N–H and O–H groups in total. The van der Waals surface area contributed by atoms with Gasteiger partial charge in [0.15, 0.2) is 0 Å². The summed E-state index contributed by atoms with van der Waals surface area (Å²) in [6, 6.07) is 4.85. The number of esters is 1. The number of aryl methyl sites for hydroxylation is 2. The second kappa shape index (κ2) is 10.7. The van der Waals surface area contributed by atoms with E-state index in [1.54, 1.807) is 39.0 Å². The van der Waals surface area contributed by atoms with E-state index >= 15 is 0 Å². The van der Waals surface area contributed by atoms with Crippen LogP contribution in [0.4, 0.5) is 10.7 Å². The zero-order chi connectivity index (χ0) is 24.2. The smallest absolute Gasteiger partial charge is 0.341 e. The first-order chi connectivity index (χ1) is 15.7. The maximum Gasteiger partial charge on any atom is 0.341 e. The Morgan fingerprint density at radius 2 is 1.88 bits per heavy atom. The Hall–Kier alpha value is -2.43. The van der Waals surface area contributed by atoms with Crippen LogP contribution >= 0.6 is 11.3 Å². The number of carbonyl (C=O) groups excluding carboxylic acids is 2. The van der Waals surface area contributed by atoms with Crippen LogP contribution in [0.15, 0.2) is 23.1 Å². The van der Waals surface area contributed by atoms with Gasteiger partial charge >= 0.3 is 5.97 Å². The summed E-state index contributed by atoms with van der Waals surface area (Å²) in [5.74, 6) is -0.734. The van der Waals surface area contributed by atoms with Crippen LogP contribution in [0.3, 0.4) is 0 Å². The summed E-state index contributed by atoms with van der Waals surface area (Å²) < 4.78 is 32.3. The van der Waals surface area contributed by atoms with E-state index in [-0.39, 0.29) is 24.0 Å². The molecule has 0 radical (unpaired) electrons. The van der Waals surface area contributed by atoms with Crippen LogP contribution in [0.5, 0.6) is 0 Å². The van der Waals surface area contributed by atoms with Gasteiger partial charge in [-0.3, -0.25) is 4.79 Å². The molecule has 1 aromatic carbocycles. The lowest BCUT2D eigenvalue weighted by atomic mass is 10.1. The monoisotopic (exact) mass is 493 g/mol. The molecule has 33 heavy (non-hydrogen) atoms. The highest BCUT2D eigenvalue weighted by Gasteiger charge is 2.28. The fourth-order valence-electron chi connectivity index (χ4n) is 3.92. The van der Waals surface area contributed by atoms with Gasteiger partial charge in [0.05, 0.1) is 23.6 Å². The number of benzene rings is 1. The molecular formula is C23H31N3O5S2. The Morgan fingerprint density at radius 3 is 2.55 bits per heavy atom. The zero-order valence-electron chi connectivity index (χ0n) is 19.5. The van der Waals surface area contributed by atoms with Crippen molar-refractivity contribution in [2.45, 2.75) is 51.9 Å². The Morgan fingerprint density at radius 1 is 1.15 bits per heavy atom. The van der Waals surface area contributed by atoms with E-state index in [1.807, 2.05) is 6.92 Å². The summed E-state index contributed by atoms with van der Waals surface area (Å²) in [6.45, 7) is 8.15. The Labute approximate surface area is 199 Å². The second-order valence-corrected chi connectivity index (χ2v) is 10.8. The highest BCUT2D eigenvalue weighted by atomic mass is 32.2. The largest absolute Gasteiger partial charge is 0.462 e. The number of nitrogens with zero attached hydrogens (tertiary/aromatic N) is 1. The number of nitrogens with one attached hydrogen (secondary N) is 2. The van der Waals surface area contributed by atoms with Crippen molar-refractivity contribution in [2.24, 2.45) is 0 Å². The molecule has 1 amide bonds. The Balaban J connectivity index is 1.74. The van der Waals surface area contributed by atoms with Crippen molar-refractivity contribution >= 4 is 43.9 Å². The number of carbonyl (C=O) groups is 2. The third-order valence-corrected chi connectivity index (χ3v) is 8.90. The molecule has 0 fully saturated rings. The maximum absolute atomic E-state index is 12.8. The number of thiophene rings is 1. The van der Waals surface area contributed by atoms with E-state index < -0.39 is 16.0 Å². The molecule has 1 heterocycles. The number of sulfonamides is 1. The number of hydrogen-bond donors (Lipinski definition) is 2. The summed E-state index contributed by atoms with van der Waals surface area (Å²) >= 11 is 1.42. The van der Waals surface area contributed by atoms with Gasteiger partial charge in [-0.15, -0.1) is 11.3 Å². The number of ether oxygens (including phenoxy) is 1. The summed E-state index contributed by atoms with van der Waals surface area (Å²) in [5, 5.41) is 6.39. The minimum atomic E-state index is -3.60. The van der Waals surface area contributed by atoms with E-state index in [1.165, 1.54) is 15.6 Å². The molecule has 0 aliphatic heterocycles. The molecule has 0 unspecified atom stereocenters. The van der Waals surface area contributed by atoms with Crippen molar-refractivity contribution < 1.29 is 22.7 Å². The molecule has 1 aliphatic rings. The van der Waals surface area contributed by atoms with E-state index in [2.05, 4.69) is 10.6 Å². The van der Waals surface area contributed by atoms with Gasteiger partial charge in [-0.25, -0.2) is 13.2 Å². The van der Waals surface area contributed by atoms with Crippen molar-refractivity contribution in [1.82, 2.24) is 4.31 Å². The normalized spacial score (nSPS) is 13.1. The maximum atomic E-state index is 12.8. The Kier molecular flexibility index (Phi) is 8.14. The van der Waals surface area contributed by atoms with Crippen molar-refractivity contribution in [1.29, 1.82) is 0 Å². The summed E-state index contributed by atoms with van der Waals surface area (Å²) in [7, 11) is -3.60. The molecule has 1 aliphatic carbocycles. The van der Waals surface area contributed by atoms with E-state index in [9.17, 15) is 18.0 Å². The second-order valence-electron chi connectivity index (χ2n) is 7.75. The average Bonchev–Trinajstić information content (AvgIpc) is 3.34. The fraction of sp³-hybridized carbons (Fsp3) is 0.478. The van der Waals surface area contributed by atoms with Crippen molar-refractivity contribution in [3.63, 3.8) is 0 Å². The molecule has 0 bridgehead atoms. The predicted molar refractivity (Wildman–Crippen MR) is 131 cm³/mol. The van der Waals surface area contributed by atoms with Crippen LogP contribution in [-0.4, -0.2) is 50.8 Å². The number of anilines is 2. The SMILES string of the molecule is CCOC(=O)c1c(NC(=O)CNc2cc(S(=O)(=O)N(CC)CC)ccc2C)sc2c1CCC2. The molecule has 0 saturated heterocycles. The standard InChI is InChI=1S/C23H31N3O5S2/c1-5-26(6-2)33(29,30)16-12-11-15(4)18(13-16)24-14-20(27)25-22-21(23(28)31-7-3)17-9-8-10-19(17)32-22/h11-13,24H,5-10,14H2,1-4H3,(H,25,27). The molecule has 0 saturated carbocycles. The van der Waals surface area contributed by atoms with Crippen molar-refractivity contribution in [3.8, 4) is 0 Å². The number of amides is 1. The van der Waals surface area contributed by atoms with Gasteiger partial charge in [-0.2, -0.15) is 4.31 Å². The fourth-order valence-corrected chi connectivity index (χ4v) is 6.70. The van der Waals surface area contributed by atoms with Crippen LogP contribution in [0.2, 0.25) is 0 Å². The first-order valence-electron chi connectivity index (χ1n) is 11.2. The molecular weight excluding hydrogens is 462 g/mol. The molecule has 0 spiro atoms. The zero-order valence-corrected chi connectivity index (χ0v) is 21.1. The van der Waals surface area contributed by atoms with Gasteiger partial charge in [-0.05, 0) is 56.4 Å². The van der Waals surface area contributed by atoms with Gasteiger partial charge in [0.25, 0.3) is 0 Å². The van der Waals surface area contributed by atoms with E-state index in [4.69, 9.17) is 4.74 Å². The van der Waals surface area contributed by atoms with E-state index in [0.717, 1.165) is 35.3 Å². The summed E-state index contributed by atoms with van der Waals surface area (Å²) in [5.41, 5.74) is 2.83. The first kappa shape index (κ1) is 25.2. The molecule has 180 valence electrons. The van der Waals surface area contributed by atoms with Gasteiger partial charge in [-0.1, -0.05) is 19.9 Å². The van der Waals surface area contributed by atoms with Crippen LogP contribution in [0.25, 0.3) is 0 Å². The molecule has 3 rings (SSSR count). The molecule has 10 heteroatoms. The van der Waals surface area contributed by atoms with Crippen LogP contribution < -0.4 is 10.6 Å². The van der Waals surface area contributed by atoms with Crippen molar-refractivity contribution in [3.05, 3.63) is 39.8 Å². The average molecular weight is 494 g/mol. The summed E-state index contributed by atoms with van der Waals surface area (Å²) in [4.78, 5) is 26.5. The highest BCUT2D eigenvalue weighted by Crippen LogP contribution is 2.39. The van der Waals surface area contributed by atoms with Crippen LogP contribution in [-0.2, 0) is 32.4 Å². The van der Waals surface area contributed by atoms with Gasteiger partial charge < -0.3 is 15.4 Å². The molecule has 2 aromatic rings. The Bertz CT molecular complexity index is 1140. The third kappa shape index (κ3) is 5.39. The van der Waals surface area contributed by atoms with Crippen LogP contribution in [0, 0.1) is 6.92 Å². The lowest BCUT2D eigenvalue weighted by molar-refractivity contribution is -0.114. The topological polar surface area (TPSA) is 105 Å². The molecule has 1 aromatic heterocycles. The summed E-state index contributed by atoms with van der Waals surface area (Å²) in [6.07, 6.45) is 2.70. The van der Waals surface area contributed by atoms with Gasteiger partial charge in [0.2, 0.25) is 15.9 Å². The highest BCUT2D eigenvalue weighted by molar-refractivity contribution is 7.89. The molecule has 0 atom stereocenters. The van der Waals surface area contributed by atoms with Crippen LogP contribution in [0.1, 0.15) is 53.6 Å². The number of fused-ring (bicyclic) bond motifs is 1. The number of hydrogen-bond acceptors (Lipinski definition) is 7. The van der Waals surface area contributed by atoms with Crippen molar-refractivity contribution in [2.75, 3.05) is 36.9 Å². The predicted octanol–water partition coefficient (Wildman–Crippen LogP) is 3.80. The molecule has 8 nitrogen and oxygen atoms in total. The van der Waals surface area contributed by atoms with E-state index in [0.29, 0.717) is 29.3 Å². The van der Waals surface area contributed by atoms with Gasteiger partial charge in [0.1, 0.15) is 5.00 Å². The first-order valence-corrected chi connectivity index (χ1v) is 13.4. The third-order valence-electron chi connectivity index (χ3n) is 5.65.